The van der Waals surface area contributed by atoms with Gasteiger partial charge in [0.25, 0.3) is 0 Å². The van der Waals surface area contributed by atoms with E-state index in [2.05, 4.69) is 16.4 Å². The van der Waals surface area contributed by atoms with E-state index in [1.807, 2.05) is 24.3 Å². The molecule has 58 valence electrons. The molecule has 1 unspecified atom stereocenters. The number of fused-ring (bicyclic) bond motifs is 1. The van der Waals surface area contributed by atoms with E-state index in [1.165, 1.54) is 0 Å². The first-order chi connectivity index (χ1) is 5.90. The van der Waals surface area contributed by atoms with E-state index < -0.39 is 0 Å². The van der Waals surface area contributed by atoms with Crippen LogP contribution in [-0.4, -0.2) is 11.0 Å². The average molecular weight is 157 g/mol. The minimum absolute atomic E-state index is 0.243. The van der Waals surface area contributed by atoms with E-state index >= 15 is 0 Å². The number of nitrogens with zero attached hydrogens (tertiary/aromatic N) is 2. The topological polar surface area (TPSA) is 48.7 Å². The Morgan fingerprint density at radius 1 is 1.58 bits per heavy atom. The van der Waals surface area contributed by atoms with Crippen LogP contribution in [0.1, 0.15) is 5.56 Å². The Bertz CT molecular complexity index is 362. The molecule has 2 rings (SSSR count). The van der Waals surface area contributed by atoms with Gasteiger partial charge in [-0.3, -0.25) is 0 Å². The van der Waals surface area contributed by atoms with Crippen molar-refractivity contribution >= 4 is 11.9 Å². The van der Waals surface area contributed by atoms with E-state index in [9.17, 15) is 0 Å². The number of nitrogens with one attached hydrogen (secondary N) is 1. The number of nitriles is 1. The van der Waals surface area contributed by atoms with E-state index in [4.69, 9.17) is 5.26 Å². The van der Waals surface area contributed by atoms with Crippen molar-refractivity contribution in [2.75, 3.05) is 5.32 Å². The van der Waals surface area contributed by atoms with Crippen LogP contribution in [0.5, 0.6) is 0 Å². The lowest BCUT2D eigenvalue weighted by Crippen LogP contribution is -2.18. The molecule has 1 aliphatic rings. The third kappa shape index (κ3) is 1.04. The second-order valence-electron chi connectivity index (χ2n) is 2.55. The van der Waals surface area contributed by atoms with Gasteiger partial charge < -0.3 is 5.32 Å². The molecule has 0 bridgehead atoms. The van der Waals surface area contributed by atoms with Crippen LogP contribution < -0.4 is 5.32 Å². The number of aromatic nitrogens is 1. The Balaban J connectivity index is 2.41. The average Bonchev–Trinajstić information content (AvgIpc) is 2.17. The molecule has 2 heterocycles. The van der Waals surface area contributed by atoms with E-state index in [-0.39, 0.29) is 6.04 Å². The molecule has 12 heavy (non-hydrogen) atoms. The molecule has 3 heteroatoms. The van der Waals surface area contributed by atoms with Crippen molar-refractivity contribution in [3.05, 3.63) is 30.0 Å². The minimum atomic E-state index is -0.243. The minimum Gasteiger partial charge on any atom is -0.351 e. The maximum atomic E-state index is 8.63. The van der Waals surface area contributed by atoms with Crippen LogP contribution in [0.15, 0.2) is 24.4 Å². The SMILES string of the molecule is N#CC1C=Cc2cccnc2N1. The first-order valence-corrected chi connectivity index (χ1v) is 3.69. The Hall–Kier alpha value is -1.82. The summed E-state index contributed by atoms with van der Waals surface area (Å²) in [4.78, 5) is 4.10. The van der Waals surface area contributed by atoms with E-state index in [0.717, 1.165) is 11.4 Å². The van der Waals surface area contributed by atoms with Crippen LogP contribution in [-0.2, 0) is 0 Å². The van der Waals surface area contributed by atoms with Crippen LogP contribution in [0.25, 0.3) is 6.08 Å². The Morgan fingerprint density at radius 3 is 3.33 bits per heavy atom. The van der Waals surface area contributed by atoms with Crippen LogP contribution in [0, 0.1) is 11.3 Å². The van der Waals surface area contributed by atoms with Crippen LogP contribution in [0.4, 0.5) is 5.82 Å². The fourth-order valence-corrected chi connectivity index (χ4v) is 1.14. The third-order valence-electron chi connectivity index (χ3n) is 1.74. The summed E-state index contributed by atoms with van der Waals surface area (Å²) >= 11 is 0. The number of anilines is 1. The largest absolute Gasteiger partial charge is 0.351 e. The normalized spacial score (nSPS) is 19.1. The molecular formula is C9H7N3. The molecule has 0 aromatic carbocycles. The van der Waals surface area contributed by atoms with Gasteiger partial charge in [0.1, 0.15) is 11.9 Å². The van der Waals surface area contributed by atoms with Gasteiger partial charge in [-0.25, -0.2) is 4.98 Å². The monoisotopic (exact) mass is 157 g/mol. The third-order valence-corrected chi connectivity index (χ3v) is 1.74. The highest BCUT2D eigenvalue weighted by atomic mass is 15.0. The lowest BCUT2D eigenvalue weighted by atomic mass is 10.1. The lowest BCUT2D eigenvalue weighted by molar-refractivity contribution is 1.07. The maximum absolute atomic E-state index is 8.63. The van der Waals surface area contributed by atoms with Crippen LogP contribution in [0.2, 0.25) is 0 Å². The second-order valence-corrected chi connectivity index (χ2v) is 2.55. The second kappa shape index (κ2) is 2.67. The molecular weight excluding hydrogens is 150 g/mol. The molecule has 0 saturated heterocycles. The first kappa shape index (κ1) is 6.86. The number of rotatable bonds is 0. The molecule has 0 spiro atoms. The fraction of sp³-hybridized carbons (Fsp3) is 0.111. The van der Waals surface area contributed by atoms with Gasteiger partial charge in [-0.1, -0.05) is 6.08 Å². The molecule has 0 fully saturated rings. The number of hydrogen-bond acceptors (Lipinski definition) is 3. The van der Waals surface area contributed by atoms with E-state index in [1.54, 1.807) is 6.20 Å². The summed E-state index contributed by atoms with van der Waals surface area (Å²) in [6, 6.07) is 5.69. The summed E-state index contributed by atoms with van der Waals surface area (Å²) in [7, 11) is 0. The molecule has 3 nitrogen and oxygen atoms in total. The van der Waals surface area contributed by atoms with Crippen molar-refractivity contribution in [3.63, 3.8) is 0 Å². The molecule has 1 aliphatic heterocycles. The standard InChI is InChI=1S/C9H7N3/c10-6-8-4-3-7-2-1-5-11-9(7)12-8/h1-5,8H,(H,11,12). The quantitative estimate of drug-likeness (QED) is 0.619. The molecule has 1 aromatic rings. The lowest BCUT2D eigenvalue weighted by Gasteiger charge is -2.14. The predicted molar refractivity (Wildman–Crippen MR) is 46.3 cm³/mol. The van der Waals surface area contributed by atoms with Crippen molar-refractivity contribution < 1.29 is 0 Å². The van der Waals surface area contributed by atoms with E-state index in [0.29, 0.717) is 0 Å². The highest BCUT2D eigenvalue weighted by Crippen LogP contribution is 2.18. The van der Waals surface area contributed by atoms with Crippen molar-refractivity contribution in [1.82, 2.24) is 4.98 Å². The summed E-state index contributed by atoms with van der Waals surface area (Å²) in [5.41, 5.74) is 1.03. The summed E-state index contributed by atoms with van der Waals surface area (Å²) in [5, 5.41) is 11.6. The molecule has 0 radical (unpaired) electrons. The fourth-order valence-electron chi connectivity index (χ4n) is 1.14. The highest BCUT2D eigenvalue weighted by molar-refractivity contribution is 5.68. The zero-order valence-electron chi connectivity index (χ0n) is 6.36. The van der Waals surface area contributed by atoms with Gasteiger partial charge in [0.15, 0.2) is 0 Å². The molecule has 0 saturated carbocycles. The maximum Gasteiger partial charge on any atom is 0.134 e. The zero-order valence-corrected chi connectivity index (χ0v) is 6.36. The highest BCUT2D eigenvalue weighted by Gasteiger charge is 2.10. The molecule has 0 amide bonds. The van der Waals surface area contributed by atoms with Gasteiger partial charge in [0, 0.05) is 11.8 Å². The van der Waals surface area contributed by atoms with Gasteiger partial charge in [0.05, 0.1) is 6.07 Å². The van der Waals surface area contributed by atoms with Crippen molar-refractivity contribution in [2.24, 2.45) is 0 Å². The van der Waals surface area contributed by atoms with Crippen molar-refractivity contribution in [1.29, 1.82) is 5.26 Å². The number of pyridine rings is 1. The van der Waals surface area contributed by atoms with Gasteiger partial charge >= 0.3 is 0 Å². The number of hydrogen-bond donors (Lipinski definition) is 1. The molecule has 1 aromatic heterocycles. The Morgan fingerprint density at radius 2 is 2.50 bits per heavy atom. The van der Waals surface area contributed by atoms with Crippen LogP contribution in [0.3, 0.4) is 0 Å². The van der Waals surface area contributed by atoms with Gasteiger partial charge in [0.2, 0.25) is 0 Å². The molecule has 0 aliphatic carbocycles. The van der Waals surface area contributed by atoms with Crippen molar-refractivity contribution in [3.8, 4) is 6.07 Å². The molecule has 1 N–H and O–H groups in total. The summed E-state index contributed by atoms with van der Waals surface area (Å²) in [6.45, 7) is 0. The summed E-state index contributed by atoms with van der Waals surface area (Å²) in [5.74, 6) is 0.784. The first-order valence-electron chi connectivity index (χ1n) is 3.69. The summed E-state index contributed by atoms with van der Waals surface area (Å²) in [6.07, 6.45) is 5.44. The predicted octanol–water partition coefficient (Wildman–Crippen LogP) is 1.41. The Labute approximate surface area is 70.4 Å². The van der Waals surface area contributed by atoms with Gasteiger partial charge in [-0.05, 0) is 18.2 Å². The van der Waals surface area contributed by atoms with Crippen molar-refractivity contribution in [2.45, 2.75) is 6.04 Å². The molecule has 1 atom stereocenters. The zero-order chi connectivity index (χ0) is 8.39. The van der Waals surface area contributed by atoms with Crippen LogP contribution >= 0.6 is 0 Å². The van der Waals surface area contributed by atoms with Gasteiger partial charge in [-0.15, -0.1) is 0 Å². The summed E-state index contributed by atoms with van der Waals surface area (Å²) < 4.78 is 0. The van der Waals surface area contributed by atoms with Gasteiger partial charge in [-0.2, -0.15) is 5.26 Å². The Kier molecular flexibility index (Phi) is 1.52. The smallest absolute Gasteiger partial charge is 0.134 e.